The first-order chi connectivity index (χ1) is 27.3. The number of hydrogen-bond acceptors (Lipinski definition) is 0. The Morgan fingerprint density at radius 3 is 1.22 bits per heavy atom. The predicted molar refractivity (Wildman–Crippen MR) is 266 cm³/mol. The second kappa shape index (κ2) is 21.9. The molecule has 0 heterocycles. The van der Waals surface area contributed by atoms with Crippen molar-refractivity contribution in [3.63, 3.8) is 0 Å². The summed E-state index contributed by atoms with van der Waals surface area (Å²) in [6, 6.07) is 42.1. The number of benzene rings is 4. The predicted octanol–water partition coefficient (Wildman–Crippen LogP) is 17.1. The van der Waals surface area contributed by atoms with Crippen molar-refractivity contribution in [2.75, 3.05) is 0 Å². The summed E-state index contributed by atoms with van der Waals surface area (Å²) >= 11 is 1.36. The van der Waals surface area contributed by atoms with Gasteiger partial charge in [-0.15, -0.1) is 93.9 Å². The molecule has 4 heteroatoms. The summed E-state index contributed by atoms with van der Waals surface area (Å²) in [6.07, 6.45) is 19.7. The van der Waals surface area contributed by atoms with Gasteiger partial charge in [-0.3, -0.25) is 0 Å². The summed E-state index contributed by atoms with van der Waals surface area (Å²) in [5.74, 6) is 3.35. The van der Waals surface area contributed by atoms with Crippen molar-refractivity contribution in [1.29, 1.82) is 0 Å². The van der Waals surface area contributed by atoms with Crippen LogP contribution in [0.1, 0.15) is 139 Å². The van der Waals surface area contributed by atoms with Gasteiger partial charge >= 0.3 is 30.2 Å². The van der Waals surface area contributed by atoms with E-state index in [1.54, 1.807) is 11.1 Å². The van der Waals surface area contributed by atoms with Crippen LogP contribution in [0.15, 0.2) is 109 Å². The second-order valence-electron chi connectivity index (χ2n) is 18.9. The average molecular weight is 933 g/mol. The molecule has 4 aliphatic rings. The molecule has 4 bridgehead atoms. The maximum absolute atomic E-state index is 3.06. The third kappa shape index (κ3) is 10.6. The normalized spacial score (nSPS) is 22.9. The van der Waals surface area contributed by atoms with Crippen LogP contribution in [0.4, 0.5) is 0 Å². The van der Waals surface area contributed by atoms with Crippen LogP contribution < -0.4 is 0 Å². The summed E-state index contributed by atoms with van der Waals surface area (Å²) in [7, 11) is 0. The molecule has 10 rings (SSSR count). The topological polar surface area (TPSA) is 0 Å². The van der Waals surface area contributed by atoms with Gasteiger partial charge in [0.05, 0.1) is 0 Å². The summed E-state index contributed by atoms with van der Waals surface area (Å²) in [6.45, 7) is 12.2. The zero-order valence-corrected chi connectivity index (χ0v) is 42.5. The Labute approximate surface area is 394 Å². The van der Waals surface area contributed by atoms with Crippen molar-refractivity contribution in [2.24, 2.45) is 22.7 Å². The van der Waals surface area contributed by atoms with Gasteiger partial charge in [0.2, 0.25) is 0 Å². The summed E-state index contributed by atoms with van der Waals surface area (Å²) in [5.41, 5.74) is 12.8. The van der Waals surface area contributed by atoms with E-state index in [0.717, 1.165) is 11.8 Å². The van der Waals surface area contributed by atoms with Gasteiger partial charge in [0, 0.05) is 0 Å². The zero-order valence-electron chi connectivity index (χ0n) is 37.4. The molecule has 2 radical (unpaired) electrons. The van der Waals surface area contributed by atoms with Crippen molar-refractivity contribution in [3.8, 4) is 22.3 Å². The Bertz CT molecular complexity index is 2070. The van der Waals surface area contributed by atoms with Crippen molar-refractivity contribution in [2.45, 2.75) is 129 Å². The van der Waals surface area contributed by atoms with Gasteiger partial charge < -0.3 is 14.9 Å². The van der Waals surface area contributed by atoms with Gasteiger partial charge in [0.15, 0.2) is 0 Å². The molecule has 0 nitrogen and oxygen atoms in total. The zero-order chi connectivity index (χ0) is 38.9. The first-order valence-corrected chi connectivity index (χ1v) is 26.3. The summed E-state index contributed by atoms with van der Waals surface area (Å²) < 4.78 is 0. The SMILES string of the molecule is CCC(C)c1ccc(-c2cccc3[cH-]c(CC45CCC(CC4)C5)cc23)cc1.CCC(C)c1ccc(-c2cccc3[cH-]c(CC45CCC(CC4)C5)cc23)cc1.Cl.Cl.[CH3-].[CH3-].[Si]=[Zr]. The Balaban J connectivity index is 0.000000239. The molecule has 60 heavy (non-hydrogen) atoms. The van der Waals surface area contributed by atoms with Crippen molar-refractivity contribution < 1.29 is 23.3 Å². The standard InChI is InChI=1S/2C27H31.2CH3.2ClH.Si.Zr/c2*1-3-19(2)22-7-9-23(10-8-22)25-6-4-5-24-15-21(16-26(24)25)18-27-13-11-20(17-27)12-14-27;;;;;;/h2*4-10,15-16,19-20H,3,11-14,17-18H2,1-2H3;2*1H3;2*1H;;/q4*-1;;;;. The van der Waals surface area contributed by atoms with Crippen LogP contribution in [0.25, 0.3) is 43.8 Å². The molecule has 0 spiro atoms. The molecule has 2 unspecified atom stereocenters. The molecule has 0 aliphatic heterocycles. The Morgan fingerprint density at radius 2 is 0.917 bits per heavy atom. The summed E-state index contributed by atoms with van der Waals surface area (Å²) in [5, 5.41) is 5.70. The van der Waals surface area contributed by atoms with Gasteiger partial charge in [0.1, 0.15) is 0 Å². The minimum absolute atomic E-state index is 0. The van der Waals surface area contributed by atoms with Crippen LogP contribution >= 0.6 is 24.8 Å². The number of rotatable bonds is 10. The first-order valence-electron chi connectivity index (χ1n) is 22.1. The molecule has 0 amide bonds. The van der Waals surface area contributed by atoms with Crippen LogP contribution in [-0.4, -0.2) is 6.88 Å². The second-order valence-corrected chi connectivity index (χ2v) is 18.9. The monoisotopic (exact) mass is 930 g/mol. The first kappa shape index (κ1) is 50.4. The minimum atomic E-state index is 0. The molecule has 320 valence electrons. The Kier molecular flexibility index (Phi) is 18.4. The molecule has 0 N–H and O–H groups in total. The summed E-state index contributed by atoms with van der Waals surface area (Å²) in [4.78, 5) is 0. The van der Waals surface area contributed by atoms with E-state index in [9.17, 15) is 0 Å². The molecule has 0 saturated heterocycles. The molecule has 6 aromatic carbocycles. The van der Waals surface area contributed by atoms with Crippen LogP contribution in [0.5, 0.6) is 0 Å². The quantitative estimate of drug-likeness (QED) is 0.0948. The maximum atomic E-state index is 3.06. The molecule has 0 aromatic heterocycles. The third-order valence-electron chi connectivity index (χ3n) is 15.4. The molecular weight excluding hydrogens is 863 g/mol. The number of fused-ring (bicyclic) bond motifs is 6. The van der Waals surface area contributed by atoms with Crippen LogP contribution in [-0.2, 0) is 36.2 Å². The molecule has 4 saturated carbocycles. The van der Waals surface area contributed by atoms with Crippen molar-refractivity contribution in [1.82, 2.24) is 0 Å². The molecule has 6 aromatic rings. The average Bonchev–Trinajstić information content (AvgIpc) is 4.12. The van der Waals surface area contributed by atoms with E-state index in [-0.39, 0.29) is 39.7 Å². The Morgan fingerprint density at radius 1 is 0.567 bits per heavy atom. The van der Waals surface area contributed by atoms with Crippen molar-refractivity contribution >= 4 is 53.2 Å². The Hall–Kier alpha value is -2.22. The fourth-order valence-corrected chi connectivity index (χ4v) is 11.7. The van der Waals surface area contributed by atoms with E-state index < -0.39 is 0 Å². The van der Waals surface area contributed by atoms with Crippen LogP contribution in [0.2, 0.25) is 0 Å². The third-order valence-corrected chi connectivity index (χ3v) is 15.4. The van der Waals surface area contributed by atoms with Gasteiger partial charge in [-0.25, -0.2) is 0 Å². The molecule has 4 aliphatic carbocycles. The fourth-order valence-electron chi connectivity index (χ4n) is 11.7. The number of halogens is 2. The van der Waals surface area contributed by atoms with E-state index in [0.29, 0.717) is 22.7 Å². The number of hydrogen-bond donors (Lipinski definition) is 0. The van der Waals surface area contributed by atoms with E-state index in [1.165, 1.54) is 168 Å². The molecule has 2 atom stereocenters. The van der Waals surface area contributed by atoms with E-state index >= 15 is 0 Å². The van der Waals surface area contributed by atoms with E-state index in [1.807, 2.05) is 0 Å². The van der Waals surface area contributed by atoms with E-state index in [2.05, 4.69) is 144 Å². The van der Waals surface area contributed by atoms with Crippen molar-refractivity contribution in [3.05, 3.63) is 146 Å². The van der Waals surface area contributed by atoms with Gasteiger partial charge in [-0.2, -0.15) is 12.1 Å². The van der Waals surface area contributed by atoms with Gasteiger partial charge in [-0.1, -0.05) is 99.5 Å². The van der Waals surface area contributed by atoms with Gasteiger partial charge in [-0.05, 0) is 147 Å². The van der Waals surface area contributed by atoms with Crippen LogP contribution in [0, 0.1) is 37.5 Å². The van der Waals surface area contributed by atoms with Crippen LogP contribution in [0.3, 0.4) is 0 Å². The molecule has 4 fully saturated rings. The fraction of sp³-hybridized carbons (Fsp3) is 0.429. The molecular formula is C56H70Cl2SiZr-4. The van der Waals surface area contributed by atoms with Gasteiger partial charge in [0.25, 0.3) is 0 Å². The van der Waals surface area contributed by atoms with E-state index in [4.69, 9.17) is 0 Å².